The highest BCUT2D eigenvalue weighted by molar-refractivity contribution is 5.93. The van der Waals surface area contributed by atoms with Gasteiger partial charge in [0.2, 0.25) is 5.91 Å². The SMILES string of the molecule is Cc1nc(C(=O)N2[C@@H]3CC[C@H]2CC(CNC(=O)C2CCC2)C3)cc(=O)[nH]1. The molecule has 2 amide bonds. The predicted molar refractivity (Wildman–Crippen MR) is 95.6 cm³/mol. The zero-order valence-corrected chi connectivity index (χ0v) is 15.2. The highest BCUT2D eigenvalue weighted by atomic mass is 16.2. The molecule has 2 aliphatic heterocycles. The van der Waals surface area contributed by atoms with Crippen LogP contribution in [0.25, 0.3) is 0 Å². The van der Waals surface area contributed by atoms with Gasteiger partial charge in [0.25, 0.3) is 11.5 Å². The van der Waals surface area contributed by atoms with Gasteiger partial charge in [-0.2, -0.15) is 0 Å². The number of aryl methyl sites for hydroxylation is 1. The standard InChI is InChI=1S/C19H26N4O3/c1-11-21-16(9-17(24)22-11)19(26)23-14-5-6-15(23)8-12(7-14)10-20-18(25)13-3-2-4-13/h9,12-15H,2-8,10H2,1H3,(H,20,25)(H,21,22,24)/t12?,14-,15+. The van der Waals surface area contributed by atoms with E-state index >= 15 is 0 Å². The highest BCUT2D eigenvalue weighted by Gasteiger charge is 2.43. The lowest BCUT2D eigenvalue weighted by atomic mass is 9.84. The summed E-state index contributed by atoms with van der Waals surface area (Å²) in [6.45, 7) is 2.40. The van der Waals surface area contributed by atoms with Crippen LogP contribution >= 0.6 is 0 Å². The summed E-state index contributed by atoms with van der Waals surface area (Å²) >= 11 is 0. The van der Waals surface area contributed by atoms with Crippen LogP contribution in [0.4, 0.5) is 0 Å². The molecule has 4 rings (SSSR count). The summed E-state index contributed by atoms with van der Waals surface area (Å²) in [5.41, 5.74) is -0.0540. The number of hydrogen-bond donors (Lipinski definition) is 2. The topological polar surface area (TPSA) is 95.2 Å². The molecule has 7 heteroatoms. The lowest BCUT2D eigenvalue weighted by molar-refractivity contribution is -0.127. The molecule has 2 bridgehead atoms. The van der Waals surface area contributed by atoms with Crippen LogP contribution in [-0.2, 0) is 4.79 Å². The molecule has 3 heterocycles. The van der Waals surface area contributed by atoms with E-state index in [1.165, 1.54) is 12.5 Å². The molecular formula is C19H26N4O3. The minimum atomic E-state index is -0.290. The molecule has 3 fully saturated rings. The van der Waals surface area contributed by atoms with Gasteiger partial charge < -0.3 is 15.2 Å². The van der Waals surface area contributed by atoms with Gasteiger partial charge in [-0.3, -0.25) is 14.4 Å². The first-order valence-corrected chi connectivity index (χ1v) is 9.69. The number of carbonyl (C=O) groups is 2. The lowest BCUT2D eigenvalue weighted by Crippen LogP contribution is -2.49. The Hall–Kier alpha value is -2.18. The number of H-pyrrole nitrogens is 1. The van der Waals surface area contributed by atoms with Crippen molar-refractivity contribution in [1.29, 1.82) is 0 Å². The Morgan fingerprint density at radius 2 is 1.92 bits per heavy atom. The Kier molecular flexibility index (Phi) is 4.54. The van der Waals surface area contributed by atoms with Crippen molar-refractivity contribution in [3.63, 3.8) is 0 Å². The fraction of sp³-hybridized carbons (Fsp3) is 0.684. The molecule has 3 aliphatic rings. The molecule has 140 valence electrons. The molecule has 1 aromatic heterocycles. The third-order valence-electron chi connectivity index (χ3n) is 6.19. The first-order chi connectivity index (χ1) is 12.5. The van der Waals surface area contributed by atoms with E-state index in [1.807, 2.05) is 4.90 Å². The molecule has 0 spiro atoms. The molecule has 1 saturated carbocycles. The van der Waals surface area contributed by atoms with Crippen molar-refractivity contribution < 1.29 is 9.59 Å². The van der Waals surface area contributed by atoms with Crippen LogP contribution in [0, 0.1) is 18.8 Å². The summed E-state index contributed by atoms with van der Waals surface area (Å²) in [6, 6.07) is 1.67. The van der Waals surface area contributed by atoms with Crippen LogP contribution < -0.4 is 10.9 Å². The van der Waals surface area contributed by atoms with Crippen molar-refractivity contribution in [3.8, 4) is 0 Å². The number of fused-ring (bicyclic) bond motifs is 2. The molecule has 2 N–H and O–H groups in total. The van der Waals surface area contributed by atoms with Gasteiger partial charge in [-0.1, -0.05) is 6.42 Å². The Morgan fingerprint density at radius 1 is 1.23 bits per heavy atom. The van der Waals surface area contributed by atoms with Crippen molar-refractivity contribution in [2.24, 2.45) is 11.8 Å². The Bertz CT molecular complexity index is 756. The average Bonchev–Trinajstić information content (AvgIpc) is 2.80. The maximum atomic E-state index is 12.9. The van der Waals surface area contributed by atoms with Crippen LogP contribution in [0.3, 0.4) is 0 Å². The minimum Gasteiger partial charge on any atom is -0.356 e. The lowest BCUT2D eigenvalue weighted by Gasteiger charge is -2.39. The Labute approximate surface area is 152 Å². The van der Waals surface area contributed by atoms with E-state index in [0.29, 0.717) is 18.3 Å². The Morgan fingerprint density at radius 3 is 2.50 bits per heavy atom. The van der Waals surface area contributed by atoms with Gasteiger partial charge in [0.15, 0.2) is 0 Å². The van der Waals surface area contributed by atoms with E-state index in [9.17, 15) is 14.4 Å². The number of nitrogens with one attached hydrogen (secondary N) is 2. The van der Waals surface area contributed by atoms with Gasteiger partial charge >= 0.3 is 0 Å². The predicted octanol–water partition coefficient (Wildman–Crippen LogP) is 1.38. The summed E-state index contributed by atoms with van der Waals surface area (Å²) < 4.78 is 0. The second-order valence-electron chi connectivity index (χ2n) is 8.02. The number of hydrogen-bond acceptors (Lipinski definition) is 4. The third kappa shape index (κ3) is 3.27. The molecule has 1 unspecified atom stereocenters. The van der Waals surface area contributed by atoms with Gasteiger partial charge in [-0.15, -0.1) is 0 Å². The van der Waals surface area contributed by atoms with E-state index in [4.69, 9.17) is 0 Å². The molecule has 1 aliphatic carbocycles. The number of piperidine rings is 1. The van der Waals surface area contributed by atoms with Gasteiger partial charge in [-0.25, -0.2) is 4.98 Å². The van der Waals surface area contributed by atoms with Crippen LogP contribution in [0.15, 0.2) is 10.9 Å². The van der Waals surface area contributed by atoms with Crippen LogP contribution in [-0.4, -0.2) is 45.3 Å². The normalized spacial score (nSPS) is 27.9. The van der Waals surface area contributed by atoms with Crippen LogP contribution in [0.2, 0.25) is 0 Å². The van der Waals surface area contributed by atoms with E-state index in [-0.39, 0.29) is 41.1 Å². The van der Waals surface area contributed by atoms with E-state index < -0.39 is 0 Å². The molecular weight excluding hydrogens is 332 g/mol. The van der Waals surface area contributed by atoms with Gasteiger partial charge in [0.05, 0.1) is 0 Å². The van der Waals surface area contributed by atoms with Crippen molar-refractivity contribution >= 4 is 11.8 Å². The van der Waals surface area contributed by atoms with Gasteiger partial charge in [0.1, 0.15) is 11.5 Å². The molecule has 7 nitrogen and oxygen atoms in total. The van der Waals surface area contributed by atoms with E-state index in [0.717, 1.165) is 38.5 Å². The van der Waals surface area contributed by atoms with Gasteiger partial charge in [-0.05, 0) is 51.4 Å². The highest BCUT2D eigenvalue weighted by Crippen LogP contribution is 2.39. The number of amides is 2. The average molecular weight is 358 g/mol. The molecule has 3 atom stereocenters. The van der Waals surface area contributed by atoms with Crippen molar-refractivity contribution in [3.05, 3.63) is 27.9 Å². The molecule has 26 heavy (non-hydrogen) atoms. The molecule has 2 saturated heterocycles. The largest absolute Gasteiger partial charge is 0.356 e. The summed E-state index contributed by atoms with van der Waals surface area (Å²) in [7, 11) is 0. The first-order valence-electron chi connectivity index (χ1n) is 9.69. The van der Waals surface area contributed by atoms with Crippen molar-refractivity contribution in [1.82, 2.24) is 20.2 Å². The summed E-state index contributed by atoms with van der Waals surface area (Å²) in [5, 5.41) is 3.11. The van der Waals surface area contributed by atoms with E-state index in [1.54, 1.807) is 6.92 Å². The Balaban J connectivity index is 1.39. The third-order valence-corrected chi connectivity index (χ3v) is 6.19. The summed E-state index contributed by atoms with van der Waals surface area (Å²) in [6.07, 6.45) is 7.01. The maximum absolute atomic E-state index is 12.9. The summed E-state index contributed by atoms with van der Waals surface area (Å²) in [4.78, 5) is 45.4. The quantitative estimate of drug-likeness (QED) is 0.850. The smallest absolute Gasteiger partial charge is 0.273 e. The number of carbonyl (C=O) groups excluding carboxylic acids is 2. The zero-order valence-electron chi connectivity index (χ0n) is 15.2. The van der Waals surface area contributed by atoms with Crippen LogP contribution in [0.1, 0.15) is 61.3 Å². The molecule has 0 radical (unpaired) electrons. The maximum Gasteiger partial charge on any atom is 0.273 e. The van der Waals surface area contributed by atoms with Crippen molar-refractivity contribution in [2.75, 3.05) is 6.54 Å². The minimum absolute atomic E-state index is 0.136. The second kappa shape index (κ2) is 6.85. The zero-order chi connectivity index (χ0) is 18.3. The fourth-order valence-electron chi connectivity index (χ4n) is 4.67. The van der Waals surface area contributed by atoms with E-state index in [2.05, 4.69) is 15.3 Å². The molecule has 1 aromatic rings. The number of rotatable bonds is 4. The summed E-state index contributed by atoms with van der Waals surface area (Å²) in [5.74, 6) is 1.17. The number of aromatic amines is 1. The monoisotopic (exact) mass is 358 g/mol. The number of nitrogens with zero attached hydrogens (tertiary/aromatic N) is 2. The fourth-order valence-corrected chi connectivity index (χ4v) is 4.67. The first kappa shape index (κ1) is 17.2. The molecule has 0 aromatic carbocycles. The number of aromatic nitrogens is 2. The van der Waals surface area contributed by atoms with Crippen LogP contribution in [0.5, 0.6) is 0 Å². The van der Waals surface area contributed by atoms with Crippen molar-refractivity contribution in [2.45, 2.75) is 64.0 Å². The van der Waals surface area contributed by atoms with Gasteiger partial charge in [0, 0.05) is 30.6 Å². The second-order valence-corrected chi connectivity index (χ2v) is 8.02.